The van der Waals surface area contributed by atoms with Crippen LogP contribution in [0.5, 0.6) is 11.5 Å². The van der Waals surface area contributed by atoms with Crippen molar-refractivity contribution in [1.82, 2.24) is 0 Å². The van der Waals surface area contributed by atoms with Gasteiger partial charge in [-0.2, -0.15) is 0 Å². The maximum atomic E-state index is 12.4. The minimum Gasteiger partial charge on any atom is -0.497 e. The Hall–Kier alpha value is -2.49. The van der Waals surface area contributed by atoms with Crippen molar-refractivity contribution >= 4 is 11.6 Å². The van der Waals surface area contributed by atoms with Gasteiger partial charge in [0.25, 0.3) is 0 Å². The first-order chi connectivity index (χ1) is 11.5. The van der Waals surface area contributed by atoms with Crippen LogP contribution in [0.2, 0.25) is 0 Å². The van der Waals surface area contributed by atoms with Gasteiger partial charge in [-0.3, -0.25) is 4.79 Å². The van der Waals surface area contributed by atoms with E-state index < -0.39 is 0 Å². The van der Waals surface area contributed by atoms with Gasteiger partial charge in [-0.25, -0.2) is 0 Å². The number of carbonyl (C=O) groups excluding carboxylic acids is 1. The lowest BCUT2D eigenvalue weighted by atomic mass is 9.80. The molecule has 2 aromatic carbocycles. The fraction of sp³-hybridized carbons (Fsp3) is 0.350. The first-order valence-electron chi connectivity index (χ1n) is 8.03. The van der Waals surface area contributed by atoms with Crippen molar-refractivity contribution in [2.75, 3.05) is 19.5 Å². The van der Waals surface area contributed by atoms with E-state index in [0.29, 0.717) is 23.6 Å². The number of ether oxygens (including phenoxy) is 2. The quantitative estimate of drug-likeness (QED) is 0.820. The highest BCUT2D eigenvalue weighted by Crippen LogP contribution is 2.31. The number of carbonyl (C=O) groups is 1. The maximum Gasteiger partial charge on any atom is 0.224 e. The zero-order valence-corrected chi connectivity index (χ0v) is 14.8. The molecule has 0 saturated heterocycles. The van der Waals surface area contributed by atoms with Gasteiger partial charge in [0.05, 0.1) is 19.9 Å². The van der Waals surface area contributed by atoms with Crippen LogP contribution in [0.1, 0.15) is 32.3 Å². The Morgan fingerprint density at radius 1 is 1.04 bits per heavy atom. The second-order valence-corrected chi connectivity index (χ2v) is 6.36. The van der Waals surface area contributed by atoms with E-state index in [1.165, 1.54) is 5.56 Å². The largest absolute Gasteiger partial charge is 0.497 e. The second kappa shape index (κ2) is 7.86. The molecule has 0 atom stereocenters. The van der Waals surface area contributed by atoms with Gasteiger partial charge in [0.15, 0.2) is 0 Å². The molecule has 0 fully saturated rings. The molecule has 0 spiro atoms. The zero-order chi connectivity index (χ0) is 17.6. The molecule has 24 heavy (non-hydrogen) atoms. The Morgan fingerprint density at radius 3 is 2.38 bits per heavy atom. The summed E-state index contributed by atoms with van der Waals surface area (Å²) in [5.74, 6) is 1.26. The van der Waals surface area contributed by atoms with E-state index in [9.17, 15) is 4.79 Å². The molecule has 0 radical (unpaired) electrons. The molecule has 0 bridgehead atoms. The van der Waals surface area contributed by atoms with Crippen LogP contribution in [0.3, 0.4) is 0 Å². The average molecular weight is 327 g/mol. The molecule has 0 saturated carbocycles. The predicted octanol–water partition coefficient (Wildman–Crippen LogP) is 4.40. The Kier molecular flexibility index (Phi) is 5.85. The summed E-state index contributed by atoms with van der Waals surface area (Å²) < 4.78 is 10.5. The summed E-state index contributed by atoms with van der Waals surface area (Å²) in [7, 11) is 3.17. The van der Waals surface area contributed by atoms with Crippen LogP contribution in [0.25, 0.3) is 0 Å². The Morgan fingerprint density at radius 2 is 1.75 bits per heavy atom. The molecule has 0 aliphatic carbocycles. The zero-order valence-electron chi connectivity index (χ0n) is 14.8. The molecule has 2 rings (SSSR count). The molecule has 4 nitrogen and oxygen atoms in total. The predicted molar refractivity (Wildman–Crippen MR) is 96.9 cm³/mol. The molecule has 0 aliphatic rings. The molecule has 4 heteroatoms. The van der Waals surface area contributed by atoms with Crippen LogP contribution in [-0.2, 0) is 10.2 Å². The minimum absolute atomic E-state index is 0.0365. The van der Waals surface area contributed by atoms with Crippen molar-refractivity contribution < 1.29 is 14.3 Å². The number of methoxy groups -OCH3 is 2. The van der Waals surface area contributed by atoms with Crippen molar-refractivity contribution in [3.05, 3.63) is 54.1 Å². The lowest BCUT2D eigenvalue weighted by Gasteiger charge is -2.25. The summed E-state index contributed by atoms with van der Waals surface area (Å²) in [5, 5.41) is 2.92. The van der Waals surface area contributed by atoms with Crippen molar-refractivity contribution in [2.24, 2.45) is 0 Å². The van der Waals surface area contributed by atoms with Gasteiger partial charge in [-0.15, -0.1) is 0 Å². The fourth-order valence-corrected chi connectivity index (χ4v) is 2.58. The van der Waals surface area contributed by atoms with Crippen LogP contribution in [-0.4, -0.2) is 20.1 Å². The third-order valence-corrected chi connectivity index (χ3v) is 4.21. The number of anilines is 1. The normalized spacial score (nSPS) is 11.0. The van der Waals surface area contributed by atoms with Gasteiger partial charge in [-0.1, -0.05) is 44.2 Å². The standard InChI is InChI=1S/C20H25NO3/c1-20(2,15-8-6-5-7-9-15)13-12-19(22)21-17-14-16(23-3)10-11-18(17)24-4/h5-11,14H,12-13H2,1-4H3,(H,21,22). The van der Waals surface area contributed by atoms with Crippen molar-refractivity contribution in [1.29, 1.82) is 0 Å². The van der Waals surface area contributed by atoms with E-state index in [1.54, 1.807) is 32.4 Å². The molecule has 128 valence electrons. The highest BCUT2D eigenvalue weighted by molar-refractivity contribution is 5.92. The lowest BCUT2D eigenvalue weighted by molar-refractivity contribution is -0.116. The number of rotatable bonds is 7. The number of hydrogen-bond acceptors (Lipinski definition) is 3. The number of amides is 1. The highest BCUT2D eigenvalue weighted by atomic mass is 16.5. The average Bonchev–Trinajstić information content (AvgIpc) is 2.60. The minimum atomic E-state index is -0.0585. The van der Waals surface area contributed by atoms with Crippen molar-refractivity contribution in [3.63, 3.8) is 0 Å². The Balaban J connectivity index is 2.01. The molecular formula is C20H25NO3. The van der Waals surface area contributed by atoms with E-state index in [1.807, 2.05) is 18.2 Å². The van der Waals surface area contributed by atoms with Crippen molar-refractivity contribution in [2.45, 2.75) is 32.1 Å². The second-order valence-electron chi connectivity index (χ2n) is 6.36. The Labute approximate surface area is 143 Å². The van der Waals surface area contributed by atoms with Gasteiger partial charge in [0, 0.05) is 12.5 Å². The fourth-order valence-electron chi connectivity index (χ4n) is 2.58. The van der Waals surface area contributed by atoms with Gasteiger partial charge in [0.1, 0.15) is 11.5 Å². The van der Waals surface area contributed by atoms with Crippen LogP contribution >= 0.6 is 0 Å². The van der Waals surface area contributed by atoms with Crippen LogP contribution in [0.15, 0.2) is 48.5 Å². The number of benzene rings is 2. The monoisotopic (exact) mass is 327 g/mol. The van der Waals surface area contributed by atoms with Crippen LogP contribution in [0, 0.1) is 0 Å². The molecule has 0 heterocycles. The molecule has 0 aromatic heterocycles. The van der Waals surface area contributed by atoms with Gasteiger partial charge < -0.3 is 14.8 Å². The molecule has 2 aromatic rings. The number of nitrogens with one attached hydrogen (secondary N) is 1. The van der Waals surface area contributed by atoms with E-state index in [4.69, 9.17) is 9.47 Å². The smallest absolute Gasteiger partial charge is 0.224 e. The topological polar surface area (TPSA) is 47.6 Å². The molecule has 1 amide bonds. The summed E-state index contributed by atoms with van der Waals surface area (Å²) in [6.45, 7) is 4.31. The third kappa shape index (κ3) is 4.51. The van der Waals surface area contributed by atoms with E-state index in [2.05, 4.69) is 31.3 Å². The summed E-state index contributed by atoms with van der Waals surface area (Å²) in [5.41, 5.74) is 1.80. The SMILES string of the molecule is COc1ccc(OC)c(NC(=O)CCC(C)(C)c2ccccc2)c1. The van der Waals surface area contributed by atoms with Crippen LogP contribution < -0.4 is 14.8 Å². The first-order valence-corrected chi connectivity index (χ1v) is 8.03. The summed E-state index contributed by atoms with van der Waals surface area (Å²) >= 11 is 0. The van der Waals surface area contributed by atoms with Gasteiger partial charge in [0.2, 0.25) is 5.91 Å². The third-order valence-electron chi connectivity index (χ3n) is 4.21. The summed E-state index contributed by atoms with van der Waals surface area (Å²) in [6.07, 6.45) is 1.19. The summed E-state index contributed by atoms with van der Waals surface area (Å²) in [6, 6.07) is 15.6. The summed E-state index contributed by atoms with van der Waals surface area (Å²) in [4.78, 5) is 12.4. The highest BCUT2D eigenvalue weighted by Gasteiger charge is 2.21. The number of hydrogen-bond donors (Lipinski definition) is 1. The molecule has 0 aliphatic heterocycles. The lowest BCUT2D eigenvalue weighted by Crippen LogP contribution is -2.21. The molecule has 0 unspecified atom stereocenters. The van der Waals surface area contributed by atoms with E-state index in [-0.39, 0.29) is 11.3 Å². The first kappa shape index (κ1) is 17.9. The van der Waals surface area contributed by atoms with E-state index in [0.717, 1.165) is 6.42 Å². The molecule has 1 N–H and O–H groups in total. The maximum absolute atomic E-state index is 12.4. The van der Waals surface area contributed by atoms with Gasteiger partial charge >= 0.3 is 0 Å². The Bertz CT molecular complexity index is 681. The van der Waals surface area contributed by atoms with E-state index >= 15 is 0 Å². The van der Waals surface area contributed by atoms with Gasteiger partial charge in [-0.05, 0) is 29.5 Å². The van der Waals surface area contributed by atoms with Crippen LogP contribution in [0.4, 0.5) is 5.69 Å². The van der Waals surface area contributed by atoms with Crippen molar-refractivity contribution in [3.8, 4) is 11.5 Å². The molecular weight excluding hydrogens is 302 g/mol.